The summed E-state index contributed by atoms with van der Waals surface area (Å²) in [6.07, 6.45) is 4.86. The topological polar surface area (TPSA) is 12.0 Å². The Balaban J connectivity index is 1.78. The molecule has 0 aromatic heterocycles. The summed E-state index contributed by atoms with van der Waals surface area (Å²) >= 11 is 0. The van der Waals surface area contributed by atoms with E-state index in [4.69, 9.17) is 0 Å². The second kappa shape index (κ2) is 6.33. The molecular weight excluding hydrogens is 225 g/mol. The zero-order chi connectivity index (χ0) is 13.0. The predicted molar refractivity (Wildman–Crippen MR) is 74.1 cm³/mol. The summed E-state index contributed by atoms with van der Waals surface area (Å²) in [6, 6.07) is 7.42. The lowest BCUT2D eigenvalue weighted by atomic mass is 9.97. The Labute approximate surface area is 110 Å². The lowest BCUT2D eigenvalue weighted by Crippen LogP contribution is -2.33. The van der Waals surface area contributed by atoms with E-state index >= 15 is 0 Å². The van der Waals surface area contributed by atoms with Crippen molar-refractivity contribution in [3.8, 4) is 0 Å². The number of hydrogen-bond donors (Lipinski definition) is 1. The fourth-order valence-corrected chi connectivity index (χ4v) is 2.94. The van der Waals surface area contributed by atoms with Crippen LogP contribution < -0.4 is 5.32 Å². The minimum Gasteiger partial charge on any atom is -0.314 e. The van der Waals surface area contributed by atoms with Crippen molar-refractivity contribution in [2.45, 2.75) is 45.6 Å². The molecule has 0 saturated heterocycles. The van der Waals surface area contributed by atoms with E-state index in [0.717, 1.165) is 30.4 Å². The first kappa shape index (κ1) is 13.5. The van der Waals surface area contributed by atoms with Gasteiger partial charge in [0.05, 0.1) is 0 Å². The molecule has 100 valence electrons. The van der Waals surface area contributed by atoms with Crippen molar-refractivity contribution in [3.05, 3.63) is 35.6 Å². The average molecular weight is 249 g/mol. The summed E-state index contributed by atoms with van der Waals surface area (Å²) in [5.74, 6) is 1.58. The first-order valence-electron chi connectivity index (χ1n) is 7.13. The third kappa shape index (κ3) is 3.55. The van der Waals surface area contributed by atoms with Gasteiger partial charge >= 0.3 is 0 Å². The van der Waals surface area contributed by atoms with Crippen LogP contribution in [0.5, 0.6) is 0 Å². The molecule has 3 unspecified atom stereocenters. The van der Waals surface area contributed by atoms with Crippen molar-refractivity contribution in [2.75, 3.05) is 6.54 Å². The van der Waals surface area contributed by atoms with Crippen LogP contribution in [0.2, 0.25) is 0 Å². The summed E-state index contributed by atoms with van der Waals surface area (Å²) < 4.78 is 13.5. The van der Waals surface area contributed by atoms with Gasteiger partial charge in [0.25, 0.3) is 0 Å². The summed E-state index contributed by atoms with van der Waals surface area (Å²) in [5, 5.41) is 3.56. The molecule has 0 aliphatic heterocycles. The fourth-order valence-electron chi connectivity index (χ4n) is 2.94. The standard InChI is InChI=1S/C16H24FN/c1-12-6-5-8-15(12)11-18-13(2)10-14-7-3-4-9-16(14)17/h3-4,7,9,12-13,15,18H,5-6,8,10-11H2,1-2H3. The number of halogens is 1. The van der Waals surface area contributed by atoms with Gasteiger partial charge in [0, 0.05) is 6.04 Å². The highest BCUT2D eigenvalue weighted by atomic mass is 19.1. The minimum absolute atomic E-state index is 0.0830. The second-order valence-corrected chi connectivity index (χ2v) is 5.77. The van der Waals surface area contributed by atoms with Gasteiger partial charge in [-0.3, -0.25) is 0 Å². The molecule has 0 spiro atoms. The number of nitrogens with one attached hydrogen (secondary N) is 1. The molecule has 2 heteroatoms. The monoisotopic (exact) mass is 249 g/mol. The summed E-state index contributed by atoms with van der Waals surface area (Å²) in [7, 11) is 0. The molecule has 1 aromatic carbocycles. The second-order valence-electron chi connectivity index (χ2n) is 5.77. The smallest absolute Gasteiger partial charge is 0.126 e. The van der Waals surface area contributed by atoms with Crippen LogP contribution in [0.4, 0.5) is 4.39 Å². The Morgan fingerprint density at radius 3 is 2.78 bits per heavy atom. The van der Waals surface area contributed by atoms with Crippen LogP contribution in [0.3, 0.4) is 0 Å². The maximum absolute atomic E-state index is 13.5. The highest BCUT2D eigenvalue weighted by Crippen LogP contribution is 2.30. The molecule has 1 aliphatic rings. The van der Waals surface area contributed by atoms with Gasteiger partial charge in [-0.05, 0) is 49.8 Å². The summed E-state index contributed by atoms with van der Waals surface area (Å²) in [5.41, 5.74) is 0.817. The third-order valence-electron chi connectivity index (χ3n) is 4.25. The van der Waals surface area contributed by atoms with E-state index in [0.29, 0.717) is 6.04 Å². The van der Waals surface area contributed by atoms with E-state index in [1.165, 1.54) is 19.3 Å². The van der Waals surface area contributed by atoms with E-state index in [1.807, 2.05) is 12.1 Å². The molecule has 3 atom stereocenters. The van der Waals surface area contributed by atoms with E-state index in [9.17, 15) is 4.39 Å². The Kier molecular flexibility index (Phi) is 4.76. The molecule has 1 N–H and O–H groups in total. The van der Waals surface area contributed by atoms with Crippen LogP contribution in [-0.2, 0) is 6.42 Å². The van der Waals surface area contributed by atoms with Crippen molar-refractivity contribution < 1.29 is 4.39 Å². The maximum atomic E-state index is 13.5. The van der Waals surface area contributed by atoms with E-state index < -0.39 is 0 Å². The molecule has 0 heterocycles. The first-order valence-corrected chi connectivity index (χ1v) is 7.13. The summed E-state index contributed by atoms with van der Waals surface area (Å²) in [6.45, 7) is 5.57. The molecule has 1 aromatic rings. The lowest BCUT2D eigenvalue weighted by Gasteiger charge is -2.20. The molecule has 1 saturated carbocycles. The lowest BCUT2D eigenvalue weighted by molar-refractivity contribution is 0.370. The van der Waals surface area contributed by atoms with Crippen molar-refractivity contribution in [1.29, 1.82) is 0 Å². The van der Waals surface area contributed by atoms with E-state index in [1.54, 1.807) is 12.1 Å². The predicted octanol–water partition coefficient (Wildman–Crippen LogP) is 3.78. The van der Waals surface area contributed by atoms with Crippen molar-refractivity contribution in [1.82, 2.24) is 5.32 Å². The van der Waals surface area contributed by atoms with Crippen LogP contribution in [0, 0.1) is 17.7 Å². The van der Waals surface area contributed by atoms with Gasteiger partial charge in [-0.25, -0.2) is 4.39 Å². The van der Waals surface area contributed by atoms with Crippen LogP contribution in [0.25, 0.3) is 0 Å². The zero-order valence-electron chi connectivity index (χ0n) is 11.5. The molecule has 0 radical (unpaired) electrons. The molecule has 1 nitrogen and oxygen atoms in total. The molecule has 0 bridgehead atoms. The van der Waals surface area contributed by atoms with Crippen LogP contribution in [-0.4, -0.2) is 12.6 Å². The SMILES string of the molecule is CC(Cc1ccccc1F)NCC1CCCC1C. The normalized spacial score (nSPS) is 25.3. The van der Waals surface area contributed by atoms with Crippen molar-refractivity contribution >= 4 is 0 Å². The average Bonchev–Trinajstić information content (AvgIpc) is 2.75. The fraction of sp³-hybridized carbons (Fsp3) is 0.625. The van der Waals surface area contributed by atoms with E-state index in [2.05, 4.69) is 19.2 Å². The molecule has 2 rings (SSSR count). The van der Waals surface area contributed by atoms with Crippen molar-refractivity contribution in [2.24, 2.45) is 11.8 Å². The van der Waals surface area contributed by atoms with Gasteiger partial charge in [-0.2, -0.15) is 0 Å². The van der Waals surface area contributed by atoms with Gasteiger partial charge in [0.15, 0.2) is 0 Å². The van der Waals surface area contributed by atoms with Gasteiger partial charge in [0.1, 0.15) is 5.82 Å². The van der Waals surface area contributed by atoms with Crippen LogP contribution in [0.1, 0.15) is 38.7 Å². The van der Waals surface area contributed by atoms with E-state index in [-0.39, 0.29) is 5.82 Å². The third-order valence-corrected chi connectivity index (χ3v) is 4.25. The Morgan fingerprint density at radius 2 is 2.11 bits per heavy atom. The quantitative estimate of drug-likeness (QED) is 0.837. The number of hydrogen-bond acceptors (Lipinski definition) is 1. The maximum Gasteiger partial charge on any atom is 0.126 e. The van der Waals surface area contributed by atoms with Crippen LogP contribution in [0.15, 0.2) is 24.3 Å². The number of rotatable bonds is 5. The largest absolute Gasteiger partial charge is 0.314 e. The highest BCUT2D eigenvalue weighted by molar-refractivity contribution is 5.18. The minimum atomic E-state index is -0.0830. The summed E-state index contributed by atoms with van der Waals surface area (Å²) in [4.78, 5) is 0. The van der Waals surface area contributed by atoms with Crippen molar-refractivity contribution in [3.63, 3.8) is 0 Å². The molecular formula is C16H24FN. The Bertz CT molecular complexity index is 377. The molecule has 1 fully saturated rings. The molecule has 0 amide bonds. The molecule has 18 heavy (non-hydrogen) atoms. The molecule has 1 aliphatic carbocycles. The zero-order valence-corrected chi connectivity index (χ0v) is 11.5. The van der Waals surface area contributed by atoms with Gasteiger partial charge in [-0.1, -0.05) is 38.0 Å². The van der Waals surface area contributed by atoms with Gasteiger partial charge in [-0.15, -0.1) is 0 Å². The Hall–Kier alpha value is -0.890. The highest BCUT2D eigenvalue weighted by Gasteiger charge is 2.23. The first-order chi connectivity index (χ1) is 8.66. The van der Waals surface area contributed by atoms with Crippen LogP contribution >= 0.6 is 0 Å². The van der Waals surface area contributed by atoms with Gasteiger partial charge < -0.3 is 5.32 Å². The number of benzene rings is 1. The Morgan fingerprint density at radius 1 is 1.33 bits per heavy atom. The van der Waals surface area contributed by atoms with Gasteiger partial charge in [0.2, 0.25) is 0 Å².